The summed E-state index contributed by atoms with van der Waals surface area (Å²) in [5, 5.41) is 17.6. The Bertz CT molecular complexity index is 733. The molecule has 26 heavy (non-hydrogen) atoms. The highest BCUT2D eigenvalue weighted by Gasteiger charge is 2.29. The number of hydrogen-bond donors (Lipinski definition) is 0. The number of hydroxylamine groups is 2. The van der Waals surface area contributed by atoms with Crippen molar-refractivity contribution in [2.24, 2.45) is 5.10 Å². The van der Waals surface area contributed by atoms with Crippen LogP contribution < -0.4 is 0 Å². The summed E-state index contributed by atoms with van der Waals surface area (Å²) in [4.78, 5) is 4.26. The zero-order chi connectivity index (χ0) is 17.9. The summed E-state index contributed by atoms with van der Waals surface area (Å²) in [6.45, 7) is 3.44. The predicted molar refractivity (Wildman–Crippen MR) is 107 cm³/mol. The zero-order valence-corrected chi connectivity index (χ0v) is 16.5. The van der Waals surface area contributed by atoms with Crippen LogP contribution in [-0.2, 0) is 0 Å². The maximum absolute atomic E-state index is 12.7. The smallest absolute Gasteiger partial charge is 0.159 e. The summed E-state index contributed by atoms with van der Waals surface area (Å²) in [5.74, 6) is 1.30. The van der Waals surface area contributed by atoms with Gasteiger partial charge < -0.3 is 14.5 Å². The van der Waals surface area contributed by atoms with E-state index in [0.29, 0.717) is 24.0 Å². The van der Waals surface area contributed by atoms with Crippen LogP contribution in [0.15, 0.2) is 45.9 Å². The van der Waals surface area contributed by atoms with Crippen molar-refractivity contribution in [3.63, 3.8) is 0 Å². The lowest BCUT2D eigenvalue weighted by Gasteiger charge is -2.30. The van der Waals surface area contributed by atoms with Gasteiger partial charge in [0.05, 0.1) is 6.54 Å². The number of furan rings is 1. The second-order valence-corrected chi connectivity index (χ2v) is 7.02. The third-order valence-electron chi connectivity index (χ3n) is 4.20. The molecule has 1 atom stereocenters. The van der Waals surface area contributed by atoms with Crippen molar-refractivity contribution in [1.29, 1.82) is 0 Å². The quantitative estimate of drug-likeness (QED) is 0.424. The summed E-state index contributed by atoms with van der Waals surface area (Å²) in [6, 6.07) is 11.1. The molecule has 2 heterocycles. The molecule has 6 nitrogen and oxygen atoms in total. The van der Waals surface area contributed by atoms with Crippen molar-refractivity contribution < 1.29 is 9.17 Å². The Kier molecular flexibility index (Phi) is 7.23. The Labute approximate surface area is 165 Å². The molecule has 3 rings (SSSR count). The Balaban J connectivity index is 0.00000243. The van der Waals surface area contributed by atoms with Gasteiger partial charge in [-0.1, -0.05) is 16.7 Å². The molecule has 0 aliphatic carbocycles. The molecule has 0 amide bonds. The van der Waals surface area contributed by atoms with Gasteiger partial charge in [0.15, 0.2) is 12.4 Å². The van der Waals surface area contributed by atoms with Gasteiger partial charge >= 0.3 is 0 Å². The van der Waals surface area contributed by atoms with E-state index in [4.69, 9.17) is 16.0 Å². The lowest BCUT2D eigenvalue weighted by Crippen LogP contribution is -2.37. The molecule has 142 valence electrons. The van der Waals surface area contributed by atoms with E-state index < -0.39 is 4.76 Å². The van der Waals surface area contributed by atoms with E-state index in [1.807, 2.05) is 50.5 Å². The number of halogens is 2. The van der Waals surface area contributed by atoms with E-state index in [2.05, 4.69) is 14.9 Å². The summed E-state index contributed by atoms with van der Waals surface area (Å²) in [7, 11) is 4.06. The lowest BCUT2D eigenvalue weighted by molar-refractivity contribution is -0.878. The number of benzene rings is 1. The van der Waals surface area contributed by atoms with E-state index in [9.17, 15) is 5.21 Å². The van der Waals surface area contributed by atoms with Gasteiger partial charge in [-0.3, -0.25) is 0 Å². The van der Waals surface area contributed by atoms with Crippen LogP contribution in [0.25, 0.3) is 11.3 Å². The molecular formula is C18H24Cl2N4O2. The average Bonchev–Trinajstić information content (AvgIpc) is 3.19. The zero-order valence-electron chi connectivity index (χ0n) is 15.0. The largest absolute Gasteiger partial charge is 0.604 e. The Morgan fingerprint density at radius 1 is 1.27 bits per heavy atom. The van der Waals surface area contributed by atoms with Crippen molar-refractivity contribution in [3.8, 4) is 11.3 Å². The van der Waals surface area contributed by atoms with E-state index >= 15 is 0 Å². The van der Waals surface area contributed by atoms with Crippen LogP contribution in [0.3, 0.4) is 0 Å². The maximum atomic E-state index is 12.7. The molecule has 1 fully saturated rings. The lowest BCUT2D eigenvalue weighted by atomic mass is 10.2. The molecule has 2 aromatic rings. The SMILES string of the molecule is CN(C)CCN1CC[N+]([O-])(/N=C/c2ccc(-c3ccc(Cl)cc3)o2)C1.Cl. The molecule has 0 saturated carbocycles. The molecule has 1 unspecified atom stereocenters. The Morgan fingerprint density at radius 2 is 2.00 bits per heavy atom. The van der Waals surface area contributed by atoms with Crippen molar-refractivity contribution in [2.75, 3.05) is 46.9 Å². The number of likely N-dealkylation sites (N-methyl/N-ethyl adjacent to an activating group) is 1. The standard InChI is InChI=1S/C18H23ClN4O2.ClH/c1-21(2)9-10-22-11-12-23(24,14-22)20-13-17-7-8-18(25-17)15-3-5-16(19)6-4-15;/h3-8,13H,9-12,14H2,1-2H3;1H/b20-13+;. The highest BCUT2D eigenvalue weighted by atomic mass is 35.5. The second-order valence-electron chi connectivity index (χ2n) is 6.59. The molecule has 8 heteroatoms. The van der Waals surface area contributed by atoms with Crippen LogP contribution in [0.4, 0.5) is 0 Å². The van der Waals surface area contributed by atoms with Gasteiger partial charge in [0.1, 0.15) is 18.5 Å². The molecule has 1 aromatic heterocycles. The third kappa shape index (κ3) is 5.54. The number of quaternary nitrogens is 1. The van der Waals surface area contributed by atoms with Crippen LogP contribution in [0.2, 0.25) is 5.02 Å². The molecule has 0 N–H and O–H groups in total. The molecular weight excluding hydrogens is 375 g/mol. The number of hydrogen-bond acceptors (Lipinski definition) is 5. The number of nitrogens with zero attached hydrogens (tertiary/aromatic N) is 4. The average molecular weight is 399 g/mol. The summed E-state index contributed by atoms with van der Waals surface area (Å²) in [6.07, 6.45) is 1.53. The Hall–Kier alpha value is -1.41. The fourth-order valence-electron chi connectivity index (χ4n) is 2.72. The topological polar surface area (TPSA) is 55.0 Å². The molecule has 1 saturated heterocycles. The molecule has 1 aromatic carbocycles. The van der Waals surface area contributed by atoms with Crippen molar-refractivity contribution in [2.45, 2.75) is 0 Å². The normalized spacial score (nSPS) is 20.8. The van der Waals surface area contributed by atoms with Gasteiger partial charge in [-0.05, 0) is 50.5 Å². The first-order valence-corrected chi connectivity index (χ1v) is 8.68. The van der Waals surface area contributed by atoms with E-state index in [1.54, 1.807) is 0 Å². The van der Waals surface area contributed by atoms with E-state index in [1.165, 1.54) is 6.21 Å². The maximum Gasteiger partial charge on any atom is 0.159 e. The van der Waals surface area contributed by atoms with Crippen molar-refractivity contribution in [1.82, 2.24) is 9.80 Å². The minimum Gasteiger partial charge on any atom is -0.604 e. The summed E-state index contributed by atoms with van der Waals surface area (Å²) < 4.78 is 5.18. The van der Waals surface area contributed by atoms with Gasteiger partial charge in [-0.2, -0.15) is 0 Å². The molecule has 1 aliphatic heterocycles. The summed E-state index contributed by atoms with van der Waals surface area (Å²) in [5.41, 5.74) is 0.936. The monoisotopic (exact) mass is 398 g/mol. The minimum atomic E-state index is -0.579. The van der Waals surface area contributed by atoms with Gasteiger partial charge in [-0.15, -0.1) is 12.4 Å². The van der Waals surface area contributed by atoms with Crippen molar-refractivity contribution >= 4 is 30.2 Å². The van der Waals surface area contributed by atoms with Crippen LogP contribution in [0.5, 0.6) is 0 Å². The fraction of sp³-hybridized carbons (Fsp3) is 0.389. The fourth-order valence-corrected chi connectivity index (χ4v) is 2.85. The highest BCUT2D eigenvalue weighted by molar-refractivity contribution is 6.30. The van der Waals surface area contributed by atoms with Gasteiger partial charge in [0.2, 0.25) is 0 Å². The minimum absolute atomic E-state index is 0. The highest BCUT2D eigenvalue weighted by Crippen LogP contribution is 2.23. The summed E-state index contributed by atoms with van der Waals surface area (Å²) >= 11 is 5.90. The van der Waals surface area contributed by atoms with E-state index in [-0.39, 0.29) is 12.4 Å². The van der Waals surface area contributed by atoms with Gasteiger partial charge in [-0.25, -0.2) is 9.66 Å². The number of rotatable bonds is 6. The molecule has 1 aliphatic rings. The first-order chi connectivity index (χ1) is 11.9. The first-order valence-electron chi connectivity index (χ1n) is 8.30. The van der Waals surface area contributed by atoms with Crippen LogP contribution in [-0.4, -0.2) is 67.7 Å². The predicted octanol–water partition coefficient (Wildman–Crippen LogP) is 3.51. The van der Waals surface area contributed by atoms with Crippen molar-refractivity contribution in [3.05, 3.63) is 52.4 Å². The Morgan fingerprint density at radius 3 is 2.69 bits per heavy atom. The molecule has 0 radical (unpaired) electrons. The van der Waals surface area contributed by atoms with Crippen LogP contribution >= 0.6 is 24.0 Å². The third-order valence-corrected chi connectivity index (χ3v) is 4.45. The van der Waals surface area contributed by atoms with Gasteiger partial charge in [0.25, 0.3) is 0 Å². The molecule has 0 spiro atoms. The molecule has 0 bridgehead atoms. The van der Waals surface area contributed by atoms with E-state index in [0.717, 1.165) is 31.0 Å². The van der Waals surface area contributed by atoms with Crippen LogP contribution in [0.1, 0.15) is 5.76 Å². The van der Waals surface area contributed by atoms with Gasteiger partial charge in [0, 0.05) is 23.7 Å². The van der Waals surface area contributed by atoms with Crippen LogP contribution in [0, 0.1) is 5.21 Å². The first kappa shape index (κ1) is 20.9. The second kappa shape index (κ2) is 8.99.